The van der Waals surface area contributed by atoms with Gasteiger partial charge in [0, 0.05) is 34.9 Å². The Morgan fingerprint density at radius 2 is 1.90 bits per heavy atom. The maximum absolute atomic E-state index is 13.2. The van der Waals surface area contributed by atoms with Crippen molar-refractivity contribution in [3.8, 4) is 11.1 Å². The van der Waals surface area contributed by atoms with E-state index in [1.165, 1.54) is 0 Å². The third-order valence-corrected chi connectivity index (χ3v) is 5.74. The molecule has 5 nitrogen and oxygen atoms in total. The summed E-state index contributed by atoms with van der Waals surface area (Å²) in [6, 6.07) is 21.3. The lowest BCUT2D eigenvalue weighted by atomic mass is 10.1. The van der Waals surface area contributed by atoms with E-state index in [9.17, 15) is 4.79 Å². The van der Waals surface area contributed by atoms with E-state index in [-0.39, 0.29) is 12.0 Å². The first kappa shape index (κ1) is 19.7. The standard InChI is InChI=1S/C25H20ClN3O2/c26-20-6-3-5-18(14-20)19-8-9-22(28-15-19)23-16-29(12-13-31-23)25(30)24-21-7-2-1-4-17(21)10-11-27-24/h1-11,14-15,23H,12-13,16H2. The lowest BCUT2D eigenvalue weighted by Gasteiger charge is -2.32. The van der Waals surface area contributed by atoms with Gasteiger partial charge in [-0.2, -0.15) is 0 Å². The highest BCUT2D eigenvalue weighted by Gasteiger charge is 2.28. The van der Waals surface area contributed by atoms with Crippen LogP contribution in [-0.4, -0.2) is 40.5 Å². The number of nitrogens with zero attached hydrogens (tertiary/aromatic N) is 3. The molecule has 0 radical (unpaired) electrons. The Balaban J connectivity index is 1.36. The lowest BCUT2D eigenvalue weighted by molar-refractivity contribution is -0.0248. The largest absolute Gasteiger partial charge is 0.368 e. The van der Waals surface area contributed by atoms with Gasteiger partial charge in [0.15, 0.2) is 0 Å². The molecule has 5 rings (SSSR count). The van der Waals surface area contributed by atoms with Crippen molar-refractivity contribution in [2.45, 2.75) is 6.10 Å². The number of ether oxygens (including phenoxy) is 1. The second kappa shape index (κ2) is 8.46. The average Bonchev–Trinajstić information content (AvgIpc) is 2.83. The number of carbonyl (C=O) groups excluding carboxylic acids is 1. The van der Waals surface area contributed by atoms with Crippen molar-refractivity contribution in [1.29, 1.82) is 0 Å². The molecule has 31 heavy (non-hydrogen) atoms. The molecule has 6 heteroatoms. The van der Waals surface area contributed by atoms with Gasteiger partial charge in [-0.1, -0.05) is 54.1 Å². The van der Waals surface area contributed by atoms with Crippen LogP contribution < -0.4 is 0 Å². The number of halogens is 1. The number of pyridine rings is 2. The summed E-state index contributed by atoms with van der Waals surface area (Å²) in [5.41, 5.74) is 3.27. The summed E-state index contributed by atoms with van der Waals surface area (Å²) in [5, 5.41) is 2.55. The van der Waals surface area contributed by atoms with Crippen molar-refractivity contribution in [3.63, 3.8) is 0 Å². The van der Waals surface area contributed by atoms with Crippen LogP contribution in [0.25, 0.3) is 21.9 Å². The zero-order chi connectivity index (χ0) is 21.2. The van der Waals surface area contributed by atoms with Crippen molar-refractivity contribution >= 4 is 28.3 Å². The van der Waals surface area contributed by atoms with Crippen LogP contribution in [0.5, 0.6) is 0 Å². The predicted molar refractivity (Wildman–Crippen MR) is 121 cm³/mol. The van der Waals surface area contributed by atoms with Gasteiger partial charge in [-0.25, -0.2) is 0 Å². The number of amides is 1. The number of aromatic nitrogens is 2. The fourth-order valence-electron chi connectivity index (χ4n) is 3.89. The van der Waals surface area contributed by atoms with Gasteiger partial charge in [0.1, 0.15) is 11.8 Å². The third-order valence-electron chi connectivity index (χ3n) is 5.50. The maximum atomic E-state index is 13.2. The van der Waals surface area contributed by atoms with Gasteiger partial charge < -0.3 is 9.64 Å². The van der Waals surface area contributed by atoms with Gasteiger partial charge in [0.2, 0.25) is 0 Å². The highest BCUT2D eigenvalue weighted by molar-refractivity contribution is 6.30. The Bertz CT molecular complexity index is 1240. The maximum Gasteiger partial charge on any atom is 0.273 e. The van der Waals surface area contributed by atoms with Crippen LogP contribution in [0.3, 0.4) is 0 Å². The Kier molecular flexibility index (Phi) is 5.37. The van der Waals surface area contributed by atoms with Crippen LogP contribution in [0, 0.1) is 0 Å². The van der Waals surface area contributed by atoms with E-state index < -0.39 is 0 Å². The molecule has 3 heterocycles. The molecule has 2 aromatic carbocycles. The average molecular weight is 430 g/mol. The molecule has 1 unspecified atom stereocenters. The SMILES string of the molecule is O=C(c1nccc2ccccc12)N1CCOC(c2ccc(-c3cccc(Cl)c3)cn2)C1. The lowest BCUT2D eigenvalue weighted by Crippen LogP contribution is -2.42. The molecular formula is C25H20ClN3O2. The zero-order valence-electron chi connectivity index (χ0n) is 16.7. The molecule has 0 N–H and O–H groups in total. The van der Waals surface area contributed by atoms with Crippen LogP contribution in [0.4, 0.5) is 0 Å². The van der Waals surface area contributed by atoms with Crippen molar-refractivity contribution in [2.24, 2.45) is 0 Å². The fraction of sp³-hybridized carbons (Fsp3) is 0.160. The molecule has 1 atom stereocenters. The van der Waals surface area contributed by atoms with E-state index in [0.29, 0.717) is 30.4 Å². The molecule has 1 fully saturated rings. The van der Waals surface area contributed by atoms with Crippen molar-refractivity contribution < 1.29 is 9.53 Å². The summed E-state index contributed by atoms with van der Waals surface area (Å²) >= 11 is 6.10. The molecule has 0 aliphatic carbocycles. The Morgan fingerprint density at radius 3 is 2.74 bits per heavy atom. The molecule has 1 aliphatic heterocycles. The summed E-state index contributed by atoms with van der Waals surface area (Å²) in [5.74, 6) is -0.0827. The van der Waals surface area contributed by atoms with Gasteiger partial charge in [0.25, 0.3) is 5.91 Å². The van der Waals surface area contributed by atoms with Gasteiger partial charge in [-0.3, -0.25) is 14.8 Å². The summed E-state index contributed by atoms with van der Waals surface area (Å²) in [4.78, 5) is 24.0. The number of fused-ring (bicyclic) bond motifs is 1. The first-order valence-corrected chi connectivity index (χ1v) is 10.5. The van der Waals surface area contributed by atoms with Crippen LogP contribution in [0.2, 0.25) is 5.02 Å². The molecule has 0 saturated carbocycles. The molecule has 2 aromatic heterocycles. The van der Waals surface area contributed by atoms with E-state index in [2.05, 4.69) is 9.97 Å². The van der Waals surface area contributed by atoms with Gasteiger partial charge in [-0.15, -0.1) is 0 Å². The minimum Gasteiger partial charge on any atom is -0.368 e. The number of morpholine rings is 1. The summed E-state index contributed by atoms with van der Waals surface area (Å²) < 4.78 is 5.93. The normalized spacial score (nSPS) is 16.4. The summed E-state index contributed by atoms with van der Waals surface area (Å²) in [6.45, 7) is 1.42. The highest BCUT2D eigenvalue weighted by atomic mass is 35.5. The minimum atomic E-state index is -0.277. The van der Waals surface area contributed by atoms with Gasteiger partial charge in [0.05, 0.1) is 18.8 Å². The van der Waals surface area contributed by atoms with Crippen molar-refractivity contribution in [1.82, 2.24) is 14.9 Å². The highest BCUT2D eigenvalue weighted by Crippen LogP contribution is 2.27. The summed E-state index contributed by atoms with van der Waals surface area (Å²) in [7, 11) is 0. The number of benzene rings is 2. The number of carbonyl (C=O) groups is 1. The minimum absolute atomic E-state index is 0.0827. The van der Waals surface area contributed by atoms with E-state index in [1.54, 1.807) is 11.1 Å². The van der Waals surface area contributed by atoms with E-state index >= 15 is 0 Å². The van der Waals surface area contributed by atoms with Gasteiger partial charge in [-0.05, 0) is 35.2 Å². The number of hydrogen-bond donors (Lipinski definition) is 0. The van der Waals surface area contributed by atoms with Crippen LogP contribution >= 0.6 is 11.6 Å². The first-order chi connectivity index (χ1) is 15.2. The second-order valence-corrected chi connectivity index (χ2v) is 7.91. The van der Waals surface area contributed by atoms with E-state index in [0.717, 1.165) is 27.6 Å². The smallest absolute Gasteiger partial charge is 0.273 e. The topological polar surface area (TPSA) is 55.3 Å². The molecule has 1 aliphatic rings. The molecule has 1 saturated heterocycles. The Labute approximate surface area is 185 Å². The number of hydrogen-bond acceptors (Lipinski definition) is 4. The van der Waals surface area contributed by atoms with Crippen LogP contribution in [0.15, 0.2) is 79.1 Å². The molecule has 0 bridgehead atoms. The molecular weight excluding hydrogens is 410 g/mol. The monoisotopic (exact) mass is 429 g/mol. The quantitative estimate of drug-likeness (QED) is 0.451. The third kappa shape index (κ3) is 4.02. The van der Waals surface area contributed by atoms with Crippen molar-refractivity contribution in [2.75, 3.05) is 19.7 Å². The second-order valence-electron chi connectivity index (χ2n) is 7.47. The predicted octanol–water partition coefficient (Wildman–Crippen LogP) is 5.16. The fourth-order valence-corrected chi connectivity index (χ4v) is 4.08. The van der Waals surface area contributed by atoms with E-state index in [1.807, 2.05) is 72.9 Å². The van der Waals surface area contributed by atoms with Crippen LogP contribution in [0.1, 0.15) is 22.3 Å². The zero-order valence-corrected chi connectivity index (χ0v) is 17.5. The molecule has 154 valence electrons. The Morgan fingerprint density at radius 1 is 1.00 bits per heavy atom. The molecule has 4 aromatic rings. The molecule has 0 spiro atoms. The summed E-state index contributed by atoms with van der Waals surface area (Å²) in [6.07, 6.45) is 3.22. The van der Waals surface area contributed by atoms with Crippen LogP contribution in [-0.2, 0) is 4.74 Å². The molecule has 1 amide bonds. The van der Waals surface area contributed by atoms with E-state index in [4.69, 9.17) is 16.3 Å². The number of rotatable bonds is 3. The first-order valence-electron chi connectivity index (χ1n) is 10.2. The van der Waals surface area contributed by atoms with Gasteiger partial charge >= 0.3 is 0 Å². The Hall–Kier alpha value is -3.28. The van der Waals surface area contributed by atoms with Crippen molar-refractivity contribution in [3.05, 3.63) is 95.5 Å².